The number of anilines is 1. The molecule has 3 aromatic carbocycles. The fourth-order valence-corrected chi connectivity index (χ4v) is 4.14. The molecule has 0 saturated heterocycles. The molecule has 4 aromatic rings. The van der Waals surface area contributed by atoms with Gasteiger partial charge in [0.2, 0.25) is 12.7 Å². The van der Waals surface area contributed by atoms with E-state index in [1.54, 1.807) is 34.9 Å². The molecule has 0 saturated carbocycles. The molecule has 35 heavy (non-hydrogen) atoms. The number of urea groups is 1. The van der Waals surface area contributed by atoms with Crippen molar-refractivity contribution in [3.8, 4) is 28.6 Å². The summed E-state index contributed by atoms with van der Waals surface area (Å²) in [6.45, 7) is 0.122. The van der Waals surface area contributed by atoms with E-state index in [1.165, 1.54) is 12.1 Å². The maximum Gasteiger partial charge on any atom is 0.325 e. The molecule has 0 radical (unpaired) electrons. The molecule has 0 aliphatic carbocycles. The number of para-hydroxylation sites is 1. The Balaban J connectivity index is 1.27. The monoisotopic (exact) mass is 491 g/mol. The van der Waals surface area contributed by atoms with Crippen molar-refractivity contribution in [3.05, 3.63) is 78.6 Å². The average molecular weight is 492 g/mol. The summed E-state index contributed by atoms with van der Waals surface area (Å²) < 4.78 is 25.7. The number of aromatic nitrogens is 3. The van der Waals surface area contributed by atoms with Gasteiger partial charge in [0.1, 0.15) is 5.82 Å². The highest BCUT2D eigenvalue weighted by Crippen LogP contribution is 2.34. The van der Waals surface area contributed by atoms with Crippen molar-refractivity contribution in [2.45, 2.75) is 5.16 Å². The first kappa shape index (κ1) is 22.4. The van der Waals surface area contributed by atoms with Gasteiger partial charge in [0.15, 0.2) is 22.5 Å². The van der Waals surface area contributed by atoms with Gasteiger partial charge in [-0.25, -0.2) is 9.18 Å². The second-order valence-electron chi connectivity index (χ2n) is 7.34. The molecule has 5 rings (SSSR count). The Morgan fingerprint density at radius 2 is 1.74 bits per heavy atom. The Morgan fingerprint density at radius 3 is 2.54 bits per heavy atom. The van der Waals surface area contributed by atoms with Crippen LogP contribution < -0.4 is 20.1 Å². The number of ether oxygens (including phenoxy) is 2. The topological polar surface area (TPSA) is 107 Å². The van der Waals surface area contributed by atoms with Gasteiger partial charge in [0, 0.05) is 23.0 Å². The summed E-state index contributed by atoms with van der Waals surface area (Å²) in [6, 6.07) is 19.5. The summed E-state index contributed by atoms with van der Waals surface area (Å²) >= 11 is 1.12. The number of carbonyl (C=O) groups excluding carboxylic acids is 2. The third-order valence-electron chi connectivity index (χ3n) is 4.97. The molecular formula is C24H18FN5O4S. The Bertz CT molecular complexity index is 1380. The van der Waals surface area contributed by atoms with Crippen LogP contribution in [0, 0.1) is 5.82 Å². The third-order valence-corrected chi connectivity index (χ3v) is 5.89. The van der Waals surface area contributed by atoms with E-state index < -0.39 is 11.9 Å². The van der Waals surface area contributed by atoms with Crippen LogP contribution in [0.15, 0.2) is 78.0 Å². The first-order chi connectivity index (χ1) is 17.1. The maximum absolute atomic E-state index is 13.4. The Hall–Kier alpha value is -4.38. The quantitative estimate of drug-likeness (QED) is 0.389. The molecule has 1 aliphatic rings. The van der Waals surface area contributed by atoms with E-state index in [4.69, 9.17) is 9.47 Å². The molecular weight excluding hydrogens is 473 g/mol. The van der Waals surface area contributed by atoms with Crippen molar-refractivity contribution in [3.63, 3.8) is 0 Å². The number of carbonyl (C=O) groups is 2. The number of rotatable bonds is 6. The second kappa shape index (κ2) is 9.85. The van der Waals surface area contributed by atoms with Gasteiger partial charge in [-0.15, -0.1) is 10.2 Å². The van der Waals surface area contributed by atoms with Crippen LogP contribution in [0.4, 0.5) is 14.9 Å². The lowest BCUT2D eigenvalue weighted by molar-refractivity contribution is -0.117. The third kappa shape index (κ3) is 5.09. The van der Waals surface area contributed by atoms with E-state index in [-0.39, 0.29) is 18.4 Å². The Labute approximate surface area is 203 Å². The standard InChI is InChI=1S/C24H18FN5O4S/c25-16-8-6-15(7-9-16)22-28-29-24(30(22)18-4-2-1-3-5-18)35-13-21(31)27-23(32)26-17-10-11-19-20(12-17)34-14-33-19/h1-12H,13-14H2,(H2,26,27,31,32). The fraction of sp³-hybridized carbons (Fsp3) is 0.0833. The Kier molecular flexibility index (Phi) is 6.31. The lowest BCUT2D eigenvalue weighted by Gasteiger charge is -2.10. The van der Waals surface area contributed by atoms with E-state index in [2.05, 4.69) is 20.8 Å². The first-order valence-electron chi connectivity index (χ1n) is 10.5. The van der Waals surface area contributed by atoms with E-state index in [1.807, 2.05) is 30.3 Å². The van der Waals surface area contributed by atoms with E-state index in [9.17, 15) is 14.0 Å². The largest absolute Gasteiger partial charge is 0.454 e. The number of hydrogen-bond donors (Lipinski definition) is 2. The zero-order valence-electron chi connectivity index (χ0n) is 18.1. The lowest BCUT2D eigenvalue weighted by Crippen LogP contribution is -2.35. The van der Waals surface area contributed by atoms with Gasteiger partial charge in [-0.05, 0) is 48.5 Å². The van der Waals surface area contributed by atoms with Crippen molar-refractivity contribution in [2.75, 3.05) is 17.9 Å². The number of nitrogens with one attached hydrogen (secondary N) is 2. The Morgan fingerprint density at radius 1 is 0.971 bits per heavy atom. The number of hydrogen-bond acceptors (Lipinski definition) is 7. The summed E-state index contributed by atoms with van der Waals surface area (Å²) in [5.41, 5.74) is 1.91. The highest BCUT2D eigenvalue weighted by Gasteiger charge is 2.19. The zero-order chi connectivity index (χ0) is 24.2. The fourth-order valence-electron chi connectivity index (χ4n) is 3.39. The normalized spacial score (nSPS) is 11.8. The van der Waals surface area contributed by atoms with Crippen LogP contribution in [-0.4, -0.2) is 39.2 Å². The highest BCUT2D eigenvalue weighted by molar-refractivity contribution is 7.99. The van der Waals surface area contributed by atoms with Crippen molar-refractivity contribution in [1.82, 2.24) is 20.1 Å². The van der Waals surface area contributed by atoms with Crippen molar-refractivity contribution >= 4 is 29.4 Å². The number of benzene rings is 3. The van der Waals surface area contributed by atoms with Crippen LogP contribution in [0.25, 0.3) is 17.1 Å². The number of amides is 3. The lowest BCUT2D eigenvalue weighted by atomic mass is 10.2. The van der Waals surface area contributed by atoms with Crippen LogP contribution in [0.3, 0.4) is 0 Å². The number of fused-ring (bicyclic) bond motifs is 1. The molecule has 9 nitrogen and oxygen atoms in total. The highest BCUT2D eigenvalue weighted by atomic mass is 32.2. The number of imide groups is 1. The molecule has 0 atom stereocenters. The van der Waals surface area contributed by atoms with Crippen molar-refractivity contribution < 1.29 is 23.5 Å². The van der Waals surface area contributed by atoms with Crippen LogP contribution in [0.5, 0.6) is 11.5 Å². The van der Waals surface area contributed by atoms with Crippen LogP contribution >= 0.6 is 11.8 Å². The van der Waals surface area contributed by atoms with E-state index >= 15 is 0 Å². The second-order valence-corrected chi connectivity index (χ2v) is 8.29. The minimum Gasteiger partial charge on any atom is -0.454 e. The molecule has 1 aromatic heterocycles. The molecule has 1 aliphatic heterocycles. The molecule has 2 N–H and O–H groups in total. The van der Waals surface area contributed by atoms with Crippen LogP contribution in [0.2, 0.25) is 0 Å². The smallest absolute Gasteiger partial charge is 0.325 e. The maximum atomic E-state index is 13.4. The summed E-state index contributed by atoms with van der Waals surface area (Å²) in [4.78, 5) is 24.7. The molecule has 0 spiro atoms. The van der Waals surface area contributed by atoms with Crippen LogP contribution in [-0.2, 0) is 4.79 Å². The predicted molar refractivity (Wildman–Crippen MR) is 127 cm³/mol. The molecule has 3 amide bonds. The van der Waals surface area contributed by atoms with Crippen molar-refractivity contribution in [2.24, 2.45) is 0 Å². The summed E-state index contributed by atoms with van der Waals surface area (Å²) in [5.74, 6) is 0.652. The van der Waals surface area contributed by atoms with Gasteiger partial charge < -0.3 is 14.8 Å². The molecule has 2 heterocycles. The van der Waals surface area contributed by atoms with E-state index in [0.717, 1.165) is 17.4 Å². The van der Waals surface area contributed by atoms with Gasteiger partial charge in [-0.2, -0.15) is 0 Å². The first-order valence-corrected chi connectivity index (χ1v) is 11.5. The molecule has 0 bridgehead atoms. The molecule has 11 heteroatoms. The van der Waals surface area contributed by atoms with Gasteiger partial charge in [-0.1, -0.05) is 30.0 Å². The summed E-state index contributed by atoms with van der Waals surface area (Å²) in [5, 5.41) is 13.8. The average Bonchev–Trinajstić information content (AvgIpc) is 3.50. The minimum absolute atomic E-state index is 0.0804. The van der Waals surface area contributed by atoms with Gasteiger partial charge >= 0.3 is 6.03 Å². The molecule has 176 valence electrons. The molecule has 0 fully saturated rings. The number of halogens is 1. The SMILES string of the molecule is O=C(CSc1nnc(-c2ccc(F)cc2)n1-c1ccccc1)NC(=O)Nc1ccc2c(c1)OCO2. The minimum atomic E-state index is -0.675. The summed E-state index contributed by atoms with van der Waals surface area (Å²) in [7, 11) is 0. The predicted octanol–water partition coefficient (Wildman–Crippen LogP) is 4.24. The summed E-state index contributed by atoms with van der Waals surface area (Å²) in [6.07, 6.45) is 0. The van der Waals surface area contributed by atoms with Crippen LogP contribution in [0.1, 0.15) is 0 Å². The van der Waals surface area contributed by atoms with Crippen molar-refractivity contribution in [1.29, 1.82) is 0 Å². The van der Waals surface area contributed by atoms with Gasteiger partial charge in [0.25, 0.3) is 0 Å². The van der Waals surface area contributed by atoms with E-state index in [0.29, 0.717) is 33.7 Å². The zero-order valence-corrected chi connectivity index (χ0v) is 18.9. The number of thioether (sulfide) groups is 1. The van der Waals surface area contributed by atoms with Gasteiger partial charge in [0.05, 0.1) is 5.75 Å². The number of nitrogens with zero attached hydrogens (tertiary/aromatic N) is 3. The van der Waals surface area contributed by atoms with Gasteiger partial charge in [-0.3, -0.25) is 14.7 Å². The molecule has 0 unspecified atom stereocenters.